The van der Waals surface area contributed by atoms with Gasteiger partial charge in [-0.15, -0.1) is 11.3 Å². The van der Waals surface area contributed by atoms with Crippen LogP contribution in [0.15, 0.2) is 37.6 Å². The fourth-order valence-corrected chi connectivity index (χ4v) is 2.80. The monoisotopic (exact) mass is 353 g/mol. The van der Waals surface area contributed by atoms with E-state index in [-0.39, 0.29) is 17.0 Å². The summed E-state index contributed by atoms with van der Waals surface area (Å²) >= 11 is 4.48. The number of anilines is 1. The summed E-state index contributed by atoms with van der Waals surface area (Å²) in [4.78, 5) is 29.1. The molecule has 0 bridgehead atoms. The summed E-state index contributed by atoms with van der Waals surface area (Å²) < 4.78 is 6.99. The lowest BCUT2D eigenvalue weighted by Gasteiger charge is -2.06. The zero-order valence-electron chi connectivity index (χ0n) is 10.2. The SMILES string of the molecule is Cc1nc2sccn2c(=O)c1NC(=O)c1ccc(Br)o1. The molecule has 102 valence electrons. The Morgan fingerprint density at radius 2 is 2.30 bits per heavy atom. The van der Waals surface area contributed by atoms with Gasteiger partial charge in [0.25, 0.3) is 11.5 Å². The van der Waals surface area contributed by atoms with Crippen LogP contribution < -0.4 is 10.9 Å². The molecule has 0 saturated heterocycles. The summed E-state index contributed by atoms with van der Waals surface area (Å²) in [5.41, 5.74) is 0.308. The molecule has 8 heteroatoms. The Morgan fingerprint density at radius 3 is 3.00 bits per heavy atom. The predicted octanol–water partition coefficient (Wildman–Crippen LogP) is 2.67. The van der Waals surface area contributed by atoms with E-state index in [1.807, 2.05) is 0 Å². The molecule has 3 heterocycles. The van der Waals surface area contributed by atoms with Crippen molar-refractivity contribution in [2.75, 3.05) is 5.32 Å². The van der Waals surface area contributed by atoms with E-state index < -0.39 is 5.91 Å². The number of halogens is 1. The number of carbonyl (C=O) groups excluding carboxylic acids is 1. The molecular weight excluding hydrogens is 346 g/mol. The van der Waals surface area contributed by atoms with Crippen molar-refractivity contribution in [1.29, 1.82) is 0 Å². The molecule has 0 radical (unpaired) electrons. The summed E-state index contributed by atoms with van der Waals surface area (Å²) in [6.45, 7) is 1.68. The maximum absolute atomic E-state index is 12.3. The molecule has 0 atom stereocenters. The highest BCUT2D eigenvalue weighted by Gasteiger charge is 2.16. The zero-order chi connectivity index (χ0) is 14.3. The summed E-state index contributed by atoms with van der Waals surface area (Å²) in [6.07, 6.45) is 1.62. The number of furan rings is 1. The lowest BCUT2D eigenvalue weighted by Crippen LogP contribution is -2.23. The maximum atomic E-state index is 12.3. The molecule has 0 aliphatic carbocycles. The van der Waals surface area contributed by atoms with Gasteiger partial charge >= 0.3 is 0 Å². The first-order chi connectivity index (χ1) is 9.56. The number of nitrogens with zero attached hydrogens (tertiary/aromatic N) is 2. The first kappa shape index (κ1) is 13.1. The van der Waals surface area contributed by atoms with Gasteiger partial charge in [-0.3, -0.25) is 14.0 Å². The van der Waals surface area contributed by atoms with Crippen LogP contribution in [0.5, 0.6) is 0 Å². The largest absolute Gasteiger partial charge is 0.444 e. The van der Waals surface area contributed by atoms with Crippen LogP contribution in [0.4, 0.5) is 5.69 Å². The van der Waals surface area contributed by atoms with Crippen LogP contribution in [0.3, 0.4) is 0 Å². The standard InChI is InChI=1S/C12H8BrN3O3S/c1-6-9(11(18)16-4-5-20-12(16)14-6)15-10(17)7-2-3-8(13)19-7/h2-5H,1H3,(H,15,17). The van der Waals surface area contributed by atoms with Crippen LogP contribution in [0.2, 0.25) is 0 Å². The molecule has 1 N–H and O–H groups in total. The average Bonchev–Trinajstić information content (AvgIpc) is 3.03. The van der Waals surface area contributed by atoms with Crippen molar-refractivity contribution in [3.63, 3.8) is 0 Å². The van der Waals surface area contributed by atoms with Crippen molar-refractivity contribution in [3.8, 4) is 0 Å². The number of hydrogen-bond donors (Lipinski definition) is 1. The smallest absolute Gasteiger partial charge is 0.291 e. The molecule has 0 spiro atoms. The fourth-order valence-electron chi connectivity index (χ4n) is 1.74. The molecule has 0 fully saturated rings. The number of hydrogen-bond acceptors (Lipinski definition) is 5. The minimum Gasteiger partial charge on any atom is -0.444 e. The topological polar surface area (TPSA) is 76.6 Å². The second kappa shape index (κ2) is 4.88. The Kier molecular flexibility index (Phi) is 3.19. The van der Waals surface area contributed by atoms with Gasteiger partial charge in [0.05, 0.1) is 5.69 Å². The number of nitrogens with one attached hydrogen (secondary N) is 1. The van der Waals surface area contributed by atoms with Crippen molar-refractivity contribution in [2.45, 2.75) is 6.92 Å². The molecule has 0 saturated carbocycles. The van der Waals surface area contributed by atoms with Crippen LogP contribution in [0.1, 0.15) is 16.2 Å². The van der Waals surface area contributed by atoms with Crippen molar-refractivity contribution in [1.82, 2.24) is 9.38 Å². The molecule has 3 aromatic heterocycles. The molecule has 3 rings (SSSR count). The number of fused-ring (bicyclic) bond motifs is 1. The first-order valence-electron chi connectivity index (χ1n) is 5.59. The Balaban J connectivity index is 2.02. The van der Waals surface area contributed by atoms with Gasteiger partial charge in [-0.05, 0) is 35.0 Å². The second-order valence-corrected chi connectivity index (χ2v) is 5.65. The highest BCUT2D eigenvalue weighted by molar-refractivity contribution is 9.10. The molecule has 3 aromatic rings. The van der Waals surface area contributed by atoms with Gasteiger partial charge in [-0.2, -0.15) is 0 Å². The number of amides is 1. The van der Waals surface area contributed by atoms with Crippen LogP contribution in [-0.2, 0) is 0 Å². The molecule has 1 amide bonds. The number of thiazole rings is 1. The number of aromatic nitrogens is 2. The minimum absolute atomic E-state index is 0.117. The normalized spacial score (nSPS) is 10.9. The Labute approximate surface area is 125 Å². The van der Waals surface area contributed by atoms with Gasteiger partial charge in [0, 0.05) is 11.6 Å². The molecule has 0 aliphatic heterocycles. The fraction of sp³-hybridized carbons (Fsp3) is 0.0833. The second-order valence-electron chi connectivity index (χ2n) is 3.99. The van der Waals surface area contributed by atoms with Gasteiger partial charge in [-0.25, -0.2) is 4.98 Å². The molecular formula is C12H8BrN3O3S. The van der Waals surface area contributed by atoms with E-state index in [9.17, 15) is 9.59 Å². The lowest BCUT2D eigenvalue weighted by molar-refractivity contribution is 0.0995. The van der Waals surface area contributed by atoms with Crippen LogP contribution in [-0.4, -0.2) is 15.3 Å². The maximum Gasteiger partial charge on any atom is 0.291 e. The third-order valence-electron chi connectivity index (χ3n) is 2.68. The van der Waals surface area contributed by atoms with Gasteiger partial charge in [-0.1, -0.05) is 0 Å². The predicted molar refractivity (Wildman–Crippen MR) is 78.4 cm³/mol. The van der Waals surface area contributed by atoms with E-state index in [0.717, 1.165) is 0 Å². The van der Waals surface area contributed by atoms with Gasteiger partial charge in [0.2, 0.25) is 0 Å². The number of carbonyl (C=O) groups is 1. The third kappa shape index (κ3) is 2.16. The highest BCUT2D eigenvalue weighted by Crippen LogP contribution is 2.17. The first-order valence-corrected chi connectivity index (χ1v) is 7.26. The van der Waals surface area contributed by atoms with E-state index in [1.165, 1.54) is 21.8 Å². The summed E-state index contributed by atoms with van der Waals surface area (Å²) in [6, 6.07) is 3.12. The molecule has 0 unspecified atom stereocenters. The summed E-state index contributed by atoms with van der Waals surface area (Å²) in [5, 5.41) is 4.31. The molecule has 20 heavy (non-hydrogen) atoms. The average molecular weight is 354 g/mol. The van der Waals surface area contributed by atoms with E-state index in [4.69, 9.17) is 4.42 Å². The van der Waals surface area contributed by atoms with E-state index in [0.29, 0.717) is 15.3 Å². The van der Waals surface area contributed by atoms with Crippen LogP contribution in [0, 0.1) is 6.92 Å². The zero-order valence-corrected chi connectivity index (χ0v) is 12.6. The highest BCUT2D eigenvalue weighted by atomic mass is 79.9. The van der Waals surface area contributed by atoms with E-state index in [2.05, 4.69) is 26.2 Å². The quantitative estimate of drug-likeness (QED) is 0.768. The third-order valence-corrected chi connectivity index (χ3v) is 3.87. The number of rotatable bonds is 2. The molecule has 6 nitrogen and oxygen atoms in total. The van der Waals surface area contributed by atoms with Crippen molar-refractivity contribution >= 4 is 43.8 Å². The number of aryl methyl sites for hydroxylation is 1. The Bertz CT molecular complexity index is 864. The van der Waals surface area contributed by atoms with Gasteiger partial charge < -0.3 is 9.73 Å². The van der Waals surface area contributed by atoms with E-state index >= 15 is 0 Å². The molecule has 0 aromatic carbocycles. The van der Waals surface area contributed by atoms with E-state index in [1.54, 1.807) is 24.6 Å². The van der Waals surface area contributed by atoms with Gasteiger partial charge in [0.1, 0.15) is 5.69 Å². The van der Waals surface area contributed by atoms with Crippen molar-refractivity contribution in [2.24, 2.45) is 0 Å². The summed E-state index contributed by atoms with van der Waals surface area (Å²) in [7, 11) is 0. The van der Waals surface area contributed by atoms with Crippen LogP contribution in [0.25, 0.3) is 4.96 Å². The summed E-state index contributed by atoms with van der Waals surface area (Å²) in [5.74, 6) is -0.376. The lowest BCUT2D eigenvalue weighted by atomic mass is 10.3. The Morgan fingerprint density at radius 1 is 1.50 bits per heavy atom. The minimum atomic E-state index is -0.493. The van der Waals surface area contributed by atoms with Gasteiger partial charge in [0.15, 0.2) is 15.4 Å². The Hall–Kier alpha value is -1.93. The van der Waals surface area contributed by atoms with Crippen molar-refractivity contribution in [3.05, 3.63) is 50.2 Å². The van der Waals surface area contributed by atoms with Crippen molar-refractivity contribution < 1.29 is 9.21 Å². The molecule has 0 aliphatic rings. The van der Waals surface area contributed by atoms with Crippen LogP contribution >= 0.6 is 27.3 Å².